The molecule has 5 rings (SSSR count). The van der Waals surface area contributed by atoms with E-state index in [1.807, 2.05) is 18.2 Å². The zero-order valence-corrected chi connectivity index (χ0v) is 17.1. The molecule has 0 saturated carbocycles. The zero-order valence-electron chi connectivity index (χ0n) is 17.1. The van der Waals surface area contributed by atoms with Crippen LogP contribution in [0.2, 0.25) is 0 Å². The number of carboxylic acid groups (broad SMARTS) is 1. The van der Waals surface area contributed by atoms with Crippen LogP contribution in [0.3, 0.4) is 0 Å². The van der Waals surface area contributed by atoms with Crippen LogP contribution in [0.25, 0.3) is 16.5 Å². The van der Waals surface area contributed by atoms with E-state index in [4.69, 9.17) is 5.11 Å². The standard InChI is InChI=1S/C24H24N4O3/c29-23-20-2-1-9-25-22(20)15-21(26-23)17-5-8-19(14-17)28-12-10-27(11-13-28)18-6-3-16(4-7-18)24(30)31/h1-4,6-7,9,14-15,19H,5,8,10-13H2,(H,26,29)(H,30,31)/t19-/m1/s1. The number of aromatic nitrogens is 2. The van der Waals surface area contributed by atoms with Gasteiger partial charge < -0.3 is 15.0 Å². The van der Waals surface area contributed by atoms with Crippen molar-refractivity contribution in [2.75, 3.05) is 31.1 Å². The van der Waals surface area contributed by atoms with Crippen molar-refractivity contribution in [1.29, 1.82) is 0 Å². The SMILES string of the molecule is O=C(O)c1ccc(N2CCN([C@H]3C=C(c4cc5ncccc5c(=O)[nH]4)CC3)CC2)cc1. The molecule has 158 valence electrons. The van der Waals surface area contributed by atoms with Gasteiger partial charge in [0, 0.05) is 49.8 Å². The first-order valence-corrected chi connectivity index (χ1v) is 10.6. The fraction of sp³-hybridized carbons (Fsp3) is 0.292. The number of carboxylic acids is 1. The third kappa shape index (κ3) is 3.84. The number of carbonyl (C=O) groups is 1. The van der Waals surface area contributed by atoms with E-state index in [0.717, 1.165) is 55.9 Å². The van der Waals surface area contributed by atoms with Crippen LogP contribution in [0.5, 0.6) is 0 Å². The highest BCUT2D eigenvalue weighted by molar-refractivity contribution is 5.88. The maximum atomic E-state index is 12.4. The predicted octanol–water partition coefficient (Wildman–Crippen LogP) is 2.99. The Bertz CT molecular complexity index is 1210. The lowest BCUT2D eigenvalue weighted by atomic mass is 10.1. The molecule has 7 heteroatoms. The number of fused-ring (bicyclic) bond motifs is 1. The summed E-state index contributed by atoms with van der Waals surface area (Å²) in [7, 11) is 0. The van der Waals surface area contributed by atoms with E-state index in [0.29, 0.717) is 17.0 Å². The number of nitrogens with one attached hydrogen (secondary N) is 1. The van der Waals surface area contributed by atoms with Crippen LogP contribution in [-0.2, 0) is 0 Å². The number of nitrogens with zero attached hydrogens (tertiary/aromatic N) is 3. The molecule has 0 spiro atoms. The quantitative estimate of drug-likeness (QED) is 0.680. The Morgan fingerprint density at radius 2 is 1.87 bits per heavy atom. The summed E-state index contributed by atoms with van der Waals surface area (Å²) in [5.74, 6) is -0.899. The Kier molecular flexibility index (Phi) is 5.03. The van der Waals surface area contributed by atoms with Crippen LogP contribution in [0, 0.1) is 0 Å². The van der Waals surface area contributed by atoms with Gasteiger partial charge in [-0.1, -0.05) is 6.08 Å². The number of pyridine rings is 2. The molecule has 2 aromatic heterocycles. The maximum absolute atomic E-state index is 12.4. The van der Waals surface area contributed by atoms with Gasteiger partial charge in [-0.15, -0.1) is 0 Å². The summed E-state index contributed by atoms with van der Waals surface area (Å²) >= 11 is 0. The second-order valence-electron chi connectivity index (χ2n) is 8.12. The minimum atomic E-state index is -0.899. The summed E-state index contributed by atoms with van der Waals surface area (Å²) in [6.07, 6.45) is 5.99. The van der Waals surface area contributed by atoms with Crippen LogP contribution < -0.4 is 10.5 Å². The van der Waals surface area contributed by atoms with Gasteiger partial charge in [0.1, 0.15) is 0 Å². The van der Waals surface area contributed by atoms with Crippen molar-refractivity contribution in [3.63, 3.8) is 0 Å². The maximum Gasteiger partial charge on any atom is 0.335 e. The minimum Gasteiger partial charge on any atom is -0.478 e. The van der Waals surface area contributed by atoms with Crippen molar-refractivity contribution in [3.8, 4) is 0 Å². The smallest absolute Gasteiger partial charge is 0.335 e. The van der Waals surface area contributed by atoms with E-state index in [1.165, 1.54) is 5.57 Å². The molecule has 1 saturated heterocycles. The second kappa shape index (κ2) is 8.00. The molecule has 1 aliphatic heterocycles. The molecule has 2 aliphatic rings. The van der Waals surface area contributed by atoms with E-state index in [1.54, 1.807) is 30.5 Å². The van der Waals surface area contributed by atoms with Crippen molar-refractivity contribution >= 4 is 28.1 Å². The summed E-state index contributed by atoms with van der Waals surface area (Å²) in [4.78, 5) is 35.6. The van der Waals surface area contributed by atoms with Crippen molar-refractivity contribution in [3.05, 3.63) is 76.3 Å². The Balaban J connectivity index is 1.27. The van der Waals surface area contributed by atoms with Gasteiger partial charge >= 0.3 is 5.97 Å². The van der Waals surface area contributed by atoms with E-state index < -0.39 is 5.97 Å². The van der Waals surface area contributed by atoms with Crippen LogP contribution in [0.15, 0.2) is 59.5 Å². The number of hydrogen-bond acceptors (Lipinski definition) is 5. The fourth-order valence-corrected chi connectivity index (χ4v) is 4.60. The van der Waals surface area contributed by atoms with Crippen LogP contribution in [-0.4, -0.2) is 58.2 Å². The summed E-state index contributed by atoms with van der Waals surface area (Å²) < 4.78 is 0. The van der Waals surface area contributed by atoms with Gasteiger partial charge in [0.25, 0.3) is 5.56 Å². The first-order chi connectivity index (χ1) is 15.1. The van der Waals surface area contributed by atoms with Gasteiger partial charge in [-0.2, -0.15) is 0 Å². The Labute approximate surface area is 179 Å². The highest BCUT2D eigenvalue weighted by Gasteiger charge is 2.27. The van der Waals surface area contributed by atoms with E-state index >= 15 is 0 Å². The number of H-pyrrole nitrogens is 1. The van der Waals surface area contributed by atoms with Crippen molar-refractivity contribution in [2.45, 2.75) is 18.9 Å². The predicted molar refractivity (Wildman–Crippen MR) is 121 cm³/mol. The van der Waals surface area contributed by atoms with Crippen LogP contribution in [0.4, 0.5) is 5.69 Å². The zero-order chi connectivity index (χ0) is 21.4. The molecule has 1 atom stereocenters. The molecule has 31 heavy (non-hydrogen) atoms. The minimum absolute atomic E-state index is 0.0903. The number of anilines is 1. The lowest BCUT2D eigenvalue weighted by Crippen LogP contribution is -2.49. The summed E-state index contributed by atoms with van der Waals surface area (Å²) in [6, 6.07) is 13.0. The molecule has 3 aromatic rings. The fourth-order valence-electron chi connectivity index (χ4n) is 4.60. The van der Waals surface area contributed by atoms with Crippen molar-refractivity contribution in [2.24, 2.45) is 0 Å². The van der Waals surface area contributed by atoms with Gasteiger partial charge in [-0.05, 0) is 60.9 Å². The van der Waals surface area contributed by atoms with Crippen molar-refractivity contribution in [1.82, 2.24) is 14.9 Å². The molecular formula is C24H24N4O3. The molecular weight excluding hydrogens is 392 g/mol. The monoisotopic (exact) mass is 416 g/mol. The first-order valence-electron chi connectivity index (χ1n) is 10.6. The van der Waals surface area contributed by atoms with Gasteiger partial charge in [0.2, 0.25) is 0 Å². The van der Waals surface area contributed by atoms with E-state index in [2.05, 4.69) is 25.8 Å². The van der Waals surface area contributed by atoms with Gasteiger partial charge in [0.15, 0.2) is 0 Å². The number of allylic oxidation sites excluding steroid dienone is 1. The van der Waals surface area contributed by atoms with Gasteiger partial charge in [-0.3, -0.25) is 14.7 Å². The molecule has 0 bridgehead atoms. The Morgan fingerprint density at radius 3 is 2.61 bits per heavy atom. The average molecular weight is 416 g/mol. The normalized spacial score (nSPS) is 19.5. The molecule has 7 nitrogen and oxygen atoms in total. The number of aromatic amines is 1. The number of rotatable bonds is 4. The number of piperazine rings is 1. The number of aromatic carboxylic acids is 1. The molecule has 1 aromatic carbocycles. The Hall–Kier alpha value is -3.45. The molecule has 0 radical (unpaired) electrons. The largest absolute Gasteiger partial charge is 0.478 e. The van der Waals surface area contributed by atoms with E-state index in [9.17, 15) is 9.59 Å². The van der Waals surface area contributed by atoms with Gasteiger partial charge in [-0.25, -0.2) is 4.79 Å². The number of hydrogen-bond donors (Lipinski definition) is 2. The molecule has 0 unspecified atom stereocenters. The van der Waals surface area contributed by atoms with Crippen LogP contribution >= 0.6 is 0 Å². The molecule has 3 heterocycles. The Morgan fingerprint density at radius 1 is 1.10 bits per heavy atom. The molecule has 0 amide bonds. The molecule has 2 N–H and O–H groups in total. The highest BCUT2D eigenvalue weighted by Crippen LogP contribution is 2.31. The summed E-state index contributed by atoms with van der Waals surface area (Å²) in [6.45, 7) is 3.71. The third-order valence-corrected chi connectivity index (χ3v) is 6.32. The number of benzene rings is 1. The van der Waals surface area contributed by atoms with Gasteiger partial charge in [0.05, 0.1) is 16.5 Å². The summed E-state index contributed by atoms with van der Waals surface area (Å²) in [5, 5.41) is 9.68. The molecule has 1 fully saturated rings. The second-order valence-corrected chi connectivity index (χ2v) is 8.12. The lowest BCUT2D eigenvalue weighted by Gasteiger charge is -2.38. The first kappa shape index (κ1) is 19.5. The van der Waals surface area contributed by atoms with Crippen LogP contribution in [0.1, 0.15) is 28.9 Å². The third-order valence-electron chi connectivity index (χ3n) is 6.32. The van der Waals surface area contributed by atoms with Crippen molar-refractivity contribution < 1.29 is 9.90 Å². The summed E-state index contributed by atoms with van der Waals surface area (Å²) in [5.41, 5.74) is 4.07. The molecule has 1 aliphatic carbocycles. The van der Waals surface area contributed by atoms with E-state index in [-0.39, 0.29) is 5.56 Å². The lowest BCUT2D eigenvalue weighted by molar-refractivity contribution is 0.0697. The highest BCUT2D eigenvalue weighted by atomic mass is 16.4. The topological polar surface area (TPSA) is 89.5 Å². The average Bonchev–Trinajstić information content (AvgIpc) is 3.30.